The number of rotatable bonds is 5. The van der Waals surface area contributed by atoms with Crippen molar-refractivity contribution >= 4 is 17.4 Å². The number of amidine groups is 1. The third-order valence-electron chi connectivity index (χ3n) is 3.45. The molecule has 0 fully saturated rings. The van der Waals surface area contributed by atoms with Crippen LogP contribution < -0.4 is 5.43 Å². The normalized spacial score (nSPS) is 17.9. The molecule has 0 saturated carbocycles. The molecule has 104 valence electrons. The van der Waals surface area contributed by atoms with Gasteiger partial charge >= 0.3 is 0 Å². The monoisotopic (exact) mass is 281 g/mol. The van der Waals surface area contributed by atoms with Crippen LogP contribution in [-0.2, 0) is 0 Å². The minimum atomic E-state index is -0.784. The molecule has 1 aromatic rings. The number of hydrazone groups is 1. The van der Waals surface area contributed by atoms with Crippen molar-refractivity contribution in [2.24, 2.45) is 11.0 Å². The van der Waals surface area contributed by atoms with E-state index in [1.54, 1.807) is 6.07 Å². The highest BCUT2D eigenvalue weighted by molar-refractivity contribution is 6.31. The Kier molecular flexibility index (Phi) is 4.66. The fourth-order valence-electron chi connectivity index (χ4n) is 2.09. The molecule has 1 aromatic carbocycles. The zero-order valence-electron chi connectivity index (χ0n) is 11.3. The van der Waals surface area contributed by atoms with Gasteiger partial charge < -0.3 is 10.0 Å². The fraction of sp³-hybridized carbons (Fsp3) is 0.500. The lowest BCUT2D eigenvalue weighted by Gasteiger charge is -2.25. The molecule has 1 aliphatic rings. The van der Waals surface area contributed by atoms with Gasteiger partial charge in [0.25, 0.3) is 0 Å². The molecule has 0 aliphatic carbocycles. The summed E-state index contributed by atoms with van der Waals surface area (Å²) < 4.78 is 0. The highest BCUT2D eigenvalue weighted by atomic mass is 35.5. The highest BCUT2D eigenvalue weighted by Gasteiger charge is 2.27. The van der Waals surface area contributed by atoms with Crippen molar-refractivity contribution < 1.29 is 5.11 Å². The number of hydrogen-bond donors (Lipinski definition) is 2. The molecule has 5 heteroatoms. The van der Waals surface area contributed by atoms with Gasteiger partial charge in [-0.15, -0.1) is 0 Å². The number of benzene rings is 1. The SMILES string of the molecule is CCC(C)CN1CNN=C1C(O)c1ccccc1Cl. The summed E-state index contributed by atoms with van der Waals surface area (Å²) in [4.78, 5) is 2.07. The molecular weight excluding hydrogens is 262 g/mol. The van der Waals surface area contributed by atoms with E-state index in [-0.39, 0.29) is 0 Å². The summed E-state index contributed by atoms with van der Waals surface area (Å²) in [7, 11) is 0. The van der Waals surface area contributed by atoms with Crippen molar-refractivity contribution in [3.8, 4) is 0 Å². The highest BCUT2D eigenvalue weighted by Crippen LogP contribution is 2.26. The molecule has 1 aliphatic heterocycles. The van der Waals surface area contributed by atoms with E-state index in [2.05, 4.69) is 29.3 Å². The van der Waals surface area contributed by atoms with Gasteiger partial charge in [-0.1, -0.05) is 50.1 Å². The molecule has 2 rings (SSSR count). The molecule has 2 atom stereocenters. The maximum atomic E-state index is 10.5. The maximum Gasteiger partial charge on any atom is 0.159 e. The number of aliphatic hydroxyl groups is 1. The number of halogens is 1. The van der Waals surface area contributed by atoms with Crippen LogP contribution in [0, 0.1) is 5.92 Å². The number of nitrogens with one attached hydrogen (secondary N) is 1. The molecular formula is C14H20ClN3O. The second-order valence-electron chi connectivity index (χ2n) is 4.95. The topological polar surface area (TPSA) is 47.9 Å². The van der Waals surface area contributed by atoms with Crippen molar-refractivity contribution in [2.75, 3.05) is 13.2 Å². The van der Waals surface area contributed by atoms with E-state index in [0.29, 0.717) is 29.0 Å². The van der Waals surface area contributed by atoms with E-state index in [0.717, 1.165) is 13.0 Å². The predicted molar refractivity (Wildman–Crippen MR) is 78.0 cm³/mol. The standard InChI is InChI=1S/C14H20ClN3O/c1-3-10(2)8-18-9-16-17-14(18)13(19)11-6-4-5-7-12(11)15/h4-7,10,13,16,19H,3,8-9H2,1-2H3. The minimum absolute atomic E-state index is 0.559. The summed E-state index contributed by atoms with van der Waals surface area (Å²) in [5.41, 5.74) is 3.63. The largest absolute Gasteiger partial charge is 0.380 e. The first-order valence-corrected chi connectivity index (χ1v) is 6.99. The Bertz CT molecular complexity index is 464. The molecule has 0 bridgehead atoms. The first-order chi connectivity index (χ1) is 9.13. The lowest BCUT2D eigenvalue weighted by Crippen LogP contribution is -2.36. The quantitative estimate of drug-likeness (QED) is 0.872. The van der Waals surface area contributed by atoms with Crippen LogP contribution in [0.3, 0.4) is 0 Å². The van der Waals surface area contributed by atoms with Crippen molar-refractivity contribution in [3.63, 3.8) is 0 Å². The fourth-order valence-corrected chi connectivity index (χ4v) is 2.33. The number of aliphatic hydroxyl groups excluding tert-OH is 1. The Balaban J connectivity index is 2.14. The van der Waals surface area contributed by atoms with Crippen LogP contribution in [0.15, 0.2) is 29.4 Å². The summed E-state index contributed by atoms with van der Waals surface area (Å²) in [6, 6.07) is 7.33. The van der Waals surface area contributed by atoms with Gasteiger partial charge in [0.1, 0.15) is 12.8 Å². The van der Waals surface area contributed by atoms with Gasteiger partial charge in [0, 0.05) is 17.1 Å². The molecule has 0 radical (unpaired) electrons. The first-order valence-electron chi connectivity index (χ1n) is 6.61. The summed E-state index contributed by atoms with van der Waals surface area (Å²) in [6.45, 7) is 5.87. The molecule has 0 amide bonds. The molecule has 1 heterocycles. The van der Waals surface area contributed by atoms with E-state index in [1.807, 2.05) is 18.2 Å². The molecule has 19 heavy (non-hydrogen) atoms. The Hall–Kier alpha value is -1.26. The zero-order chi connectivity index (χ0) is 13.8. The van der Waals surface area contributed by atoms with Gasteiger partial charge in [0.15, 0.2) is 5.84 Å². The average molecular weight is 282 g/mol. The number of nitrogens with zero attached hydrogens (tertiary/aromatic N) is 2. The van der Waals surface area contributed by atoms with E-state index in [9.17, 15) is 5.11 Å². The third-order valence-corrected chi connectivity index (χ3v) is 3.80. The molecule has 0 aromatic heterocycles. The lowest BCUT2D eigenvalue weighted by atomic mass is 10.1. The summed E-state index contributed by atoms with van der Waals surface area (Å²) in [5, 5.41) is 15.2. The van der Waals surface area contributed by atoms with Crippen LogP contribution in [0.4, 0.5) is 0 Å². The first kappa shape index (κ1) is 14.2. The maximum absolute atomic E-state index is 10.5. The van der Waals surface area contributed by atoms with Crippen LogP contribution in [0.2, 0.25) is 5.02 Å². The van der Waals surface area contributed by atoms with Crippen molar-refractivity contribution in [1.29, 1.82) is 0 Å². The van der Waals surface area contributed by atoms with E-state index >= 15 is 0 Å². The van der Waals surface area contributed by atoms with Crippen molar-refractivity contribution in [2.45, 2.75) is 26.4 Å². The predicted octanol–water partition coefficient (Wildman–Crippen LogP) is 2.60. The summed E-state index contributed by atoms with van der Waals surface area (Å²) >= 11 is 6.12. The van der Waals surface area contributed by atoms with Crippen LogP contribution in [-0.4, -0.2) is 29.1 Å². The van der Waals surface area contributed by atoms with Crippen molar-refractivity contribution in [1.82, 2.24) is 10.3 Å². The van der Waals surface area contributed by atoms with Gasteiger partial charge in [-0.05, 0) is 12.0 Å². The summed E-state index contributed by atoms with van der Waals surface area (Å²) in [5.74, 6) is 1.21. The van der Waals surface area contributed by atoms with Gasteiger partial charge in [-0.25, -0.2) is 0 Å². The molecule has 4 nitrogen and oxygen atoms in total. The van der Waals surface area contributed by atoms with E-state index in [1.165, 1.54) is 0 Å². The van der Waals surface area contributed by atoms with Crippen LogP contribution in [0.1, 0.15) is 31.9 Å². The van der Waals surface area contributed by atoms with Crippen molar-refractivity contribution in [3.05, 3.63) is 34.9 Å². The Labute approximate surface area is 119 Å². The lowest BCUT2D eigenvalue weighted by molar-refractivity contribution is 0.222. The Morgan fingerprint density at radius 2 is 2.21 bits per heavy atom. The third kappa shape index (κ3) is 3.19. The molecule has 2 unspecified atom stereocenters. The van der Waals surface area contributed by atoms with E-state index < -0.39 is 6.10 Å². The second kappa shape index (κ2) is 6.26. The van der Waals surface area contributed by atoms with E-state index in [4.69, 9.17) is 11.6 Å². The van der Waals surface area contributed by atoms with Gasteiger partial charge in [0.05, 0.1) is 0 Å². The molecule has 2 N–H and O–H groups in total. The molecule has 0 saturated heterocycles. The minimum Gasteiger partial charge on any atom is -0.380 e. The van der Waals surface area contributed by atoms with Gasteiger partial charge in [0.2, 0.25) is 0 Å². The van der Waals surface area contributed by atoms with Crippen LogP contribution in [0.25, 0.3) is 0 Å². The summed E-state index contributed by atoms with van der Waals surface area (Å²) in [6.07, 6.45) is 0.319. The smallest absolute Gasteiger partial charge is 0.159 e. The Morgan fingerprint density at radius 1 is 1.47 bits per heavy atom. The molecule has 0 spiro atoms. The average Bonchev–Trinajstić information content (AvgIpc) is 2.86. The number of hydrogen-bond acceptors (Lipinski definition) is 4. The van der Waals surface area contributed by atoms with Crippen LogP contribution >= 0.6 is 11.6 Å². The second-order valence-corrected chi connectivity index (χ2v) is 5.35. The van der Waals surface area contributed by atoms with Crippen LogP contribution in [0.5, 0.6) is 0 Å². The Morgan fingerprint density at radius 3 is 2.89 bits per heavy atom. The van der Waals surface area contributed by atoms with Gasteiger partial charge in [-0.3, -0.25) is 5.43 Å². The zero-order valence-corrected chi connectivity index (χ0v) is 12.1. The van der Waals surface area contributed by atoms with Gasteiger partial charge in [-0.2, -0.15) is 5.10 Å².